The van der Waals surface area contributed by atoms with Gasteiger partial charge in [-0.15, -0.1) is 0 Å². The zero-order valence-corrected chi connectivity index (χ0v) is 13.9. The average Bonchev–Trinajstić information content (AvgIpc) is 2.81. The van der Waals surface area contributed by atoms with Crippen LogP contribution in [-0.2, 0) is 9.53 Å². The Morgan fingerprint density at radius 3 is 2.36 bits per heavy atom. The molecule has 0 unspecified atom stereocenters. The van der Waals surface area contributed by atoms with Crippen LogP contribution in [0, 0.1) is 5.92 Å². The Balaban J connectivity index is 1.53. The lowest BCUT2D eigenvalue weighted by atomic mass is 9.98. The summed E-state index contributed by atoms with van der Waals surface area (Å²) in [4.78, 5) is 17.5. The van der Waals surface area contributed by atoms with Gasteiger partial charge in [0.05, 0.1) is 25.3 Å². The summed E-state index contributed by atoms with van der Waals surface area (Å²) in [7, 11) is 2.17. The number of amides is 1. The normalized spacial score (nSPS) is 32.8. The monoisotopic (exact) mass is 309 g/mol. The Morgan fingerprint density at radius 2 is 1.68 bits per heavy atom. The smallest absolute Gasteiger partial charge is 0.223 e. The van der Waals surface area contributed by atoms with E-state index in [1.165, 1.54) is 25.7 Å². The van der Waals surface area contributed by atoms with Crippen LogP contribution in [0.2, 0.25) is 0 Å². The van der Waals surface area contributed by atoms with Crippen molar-refractivity contribution < 1.29 is 9.53 Å². The van der Waals surface area contributed by atoms with Crippen molar-refractivity contribution in [3.63, 3.8) is 0 Å². The molecule has 2 atom stereocenters. The van der Waals surface area contributed by atoms with Crippen LogP contribution in [0.15, 0.2) is 0 Å². The Bertz CT molecular complexity index is 361. The summed E-state index contributed by atoms with van der Waals surface area (Å²) >= 11 is 0. The second kappa shape index (κ2) is 7.75. The van der Waals surface area contributed by atoms with Gasteiger partial charge in [0.15, 0.2) is 0 Å². The van der Waals surface area contributed by atoms with Crippen molar-refractivity contribution in [2.24, 2.45) is 5.92 Å². The Kier molecular flexibility index (Phi) is 5.71. The molecule has 3 fully saturated rings. The number of rotatable bonds is 3. The highest BCUT2D eigenvalue weighted by atomic mass is 16.5. The second-order valence-electron chi connectivity index (χ2n) is 7.25. The lowest BCUT2D eigenvalue weighted by molar-refractivity contribution is -0.126. The number of ether oxygens (including phenoxy) is 1. The molecule has 126 valence electrons. The van der Waals surface area contributed by atoms with E-state index in [2.05, 4.69) is 22.2 Å². The van der Waals surface area contributed by atoms with Gasteiger partial charge < -0.3 is 15.0 Å². The van der Waals surface area contributed by atoms with E-state index in [1.54, 1.807) is 0 Å². The third-order valence-electron chi connectivity index (χ3n) is 5.61. The molecule has 0 aromatic rings. The lowest BCUT2D eigenvalue weighted by Gasteiger charge is -2.38. The van der Waals surface area contributed by atoms with Crippen molar-refractivity contribution in [1.82, 2.24) is 15.1 Å². The van der Waals surface area contributed by atoms with Gasteiger partial charge in [-0.05, 0) is 19.9 Å². The second-order valence-corrected chi connectivity index (χ2v) is 7.25. The molecule has 0 aromatic carbocycles. The quantitative estimate of drug-likeness (QED) is 0.793. The molecular weight excluding hydrogens is 278 g/mol. The molecule has 5 nitrogen and oxygen atoms in total. The topological polar surface area (TPSA) is 44.8 Å². The summed E-state index contributed by atoms with van der Waals surface area (Å²) in [6, 6.07) is 0.544. The molecule has 22 heavy (non-hydrogen) atoms. The Morgan fingerprint density at radius 1 is 1.00 bits per heavy atom. The highest BCUT2D eigenvalue weighted by molar-refractivity contribution is 5.79. The van der Waals surface area contributed by atoms with E-state index in [-0.39, 0.29) is 17.9 Å². The molecule has 3 rings (SSSR count). The van der Waals surface area contributed by atoms with Gasteiger partial charge in [-0.2, -0.15) is 0 Å². The molecule has 5 heteroatoms. The zero-order valence-electron chi connectivity index (χ0n) is 13.9. The third kappa shape index (κ3) is 4.00. The van der Waals surface area contributed by atoms with Crippen molar-refractivity contribution in [2.45, 2.75) is 50.6 Å². The van der Waals surface area contributed by atoms with Crippen molar-refractivity contribution in [2.75, 3.05) is 46.4 Å². The summed E-state index contributed by atoms with van der Waals surface area (Å²) in [5.41, 5.74) is 0. The molecule has 0 bridgehead atoms. The number of carbonyl (C=O) groups is 1. The van der Waals surface area contributed by atoms with Crippen molar-refractivity contribution >= 4 is 5.91 Å². The number of carbonyl (C=O) groups excluding carboxylic acids is 1. The molecule has 1 N–H and O–H groups in total. The van der Waals surface area contributed by atoms with E-state index < -0.39 is 0 Å². The maximum absolute atomic E-state index is 12.6. The van der Waals surface area contributed by atoms with Gasteiger partial charge in [-0.1, -0.05) is 25.7 Å². The summed E-state index contributed by atoms with van der Waals surface area (Å²) < 4.78 is 5.69. The van der Waals surface area contributed by atoms with Crippen molar-refractivity contribution in [3.05, 3.63) is 0 Å². The molecule has 0 aromatic heterocycles. The number of hydrogen-bond acceptors (Lipinski definition) is 4. The van der Waals surface area contributed by atoms with Crippen LogP contribution in [0.25, 0.3) is 0 Å². The van der Waals surface area contributed by atoms with Crippen LogP contribution in [0.1, 0.15) is 38.5 Å². The van der Waals surface area contributed by atoms with Crippen LogP contribution in [-0.4, -0.2) is 74.2 Å². The van der Waals surface area contributed by atoms with Gasteiger partial charge in [0.25, 0.3) is 0 Å². The van der Waals surface area contributed by atoms with Crippen LogP contribution >= 0.6 is 0 Å². The van der Waals surface area contributed by atoms with Gasteiger partial charge in [0, 0.05) is 32.1 Å². The molecule has 0 radical (unpaired) electrons. The zero-order chi connectivity index (χ0) is 15.4. The minimum Gasteiger partial charge on any atom is -0.378 e. The fourth-order valence-electron chi connectivity index (χ4n) is 4.04. The summed E-state index contributed by atoms with van der Waals surface area (Å²) in [5.74, 6) is 0.507. The molecule has 2 saturated heterocycles. The molecule has 1 saturated carbocycles. The molecule has 1 amide bonds. The first-order valence-electron chi connectivity index (χ1n) is 9.05. The van der Waals surface area contributed by atoms with Gasteiger partial charge in [-0.3, -0.25) is 9.69 Å². The highest BCUT2D eigenvalue weighted by Gasteiger charge is 2.36. The predicted octanol–water partition coefficient (Wildman–Crippen LogP) is 1.09. The Labute approximate surface area is 134 Å². The van der Waals surface area contributed by atoms with Crippen molar-refractivity contribution in [1.29, 1.82) is 0 Å². The van der Waals surface area contributed by atoms with Crippen LogP contribution in [0.4, 0.5) is 0 Å². The Hall–Kier alpha value is -0.650. The number of piperazine rings is 1. The summed E-state index contributed by atoms with van der Waals surface area (Å²) in [6.07, 6.45) is 7.14. The average molecular weight is 309 g/mol. The molecule has 0 spiro atoms. The number of hydrogen-bond donors (Lipinski definition) is 1. The maximum atomic E-state index is 12.6. The molecule has 2 heterocycles. The number of nitrogens with zero attached hydrogens (tertiary/aromatic N) is 2. The van der Waals surface area contributed by atoms with E-state index >= 15 is 0 Å². The van der Waals surface area contributed by atoms with E-state index in [0.717, 1.165) is 45.6 Å². The fourth-order valence-corrected chi connectivity index (χ4v) is 4.04. The molecular formula is C17H31N3O2. The number of likely N-dealkylation sites (N-methyl/N-ethyl adjacent to an activating group) is 1. The van der Waals surface area contributed by atoms with E-state index in [1.807, 2.05) is 0 Å². The molecule has 1 aliphatic carbocycles. The van der Waals surface area contributed by atoms with Gasteiger partial charge in [0.1, 0.15) is 0 Å². The SMILES string of the molecule is CN1CCN([C@H]2COC[C@@H]2NC(=O)C2CCCCCC2)CC1. The molecule has 2 aliphatic heterocycles. The van der Waals surface area contributed by atoms with E-state index in [0.29, 0.717) is 12.6 Å². The third-order valence-corrected chi connectivity index (χ3v) is 5.61. The maximum Gasteiger partial charge on any atom is 0.223 e. The standard InChI is InChI=1S/C17H31N3O2/c1-19-8-10-20(11-9-19)16-13-22-12-15(16)18-17(21)14-6-4-2-3-5-7-14/h14-16H,2-13H2,1H3,(H,18,21)/t15-,16-/m0/s1. The first kappa shape index (κ1) is 16.2. The van der Waals surface area contributed by atoms with E-state index in [4.69, 9.17) is 4.74 Å². The largest absolute Gasteiger partial charge is 0.378 e. The van der Waals surface area contributed by atoms with Gasteiger partial charge in [-0.25, -0.2) is 0 Å². The van der Waals surface area contributed by atoms with E-state index in [9.17, 15) is 4.79 Å². The first-order valence-corrected chi connectivity index (χ1v) is 9.05. The van der Waals surface area contributed by atoms with Crippen LogP contribution < -0.4 is 5.32 Å². The highest BCUT2D eigenvalue weighted by Crippen LogP contribution is 2.24. The predicted molar refractivity (Wildman–Crippen MR) is 86.8 cm³/mol. The molecule has 3 aliphatic rings. The summed E-state index contributed by atoms with van der Waals surface area (Å²) in [6.45, 7) is 5.83. The van der Waals surface area contributed by atoms with Gasteiger partial charge in [0.2, 0.25) is 5.91 Å². The van der Waals surface area contributed by atoms with Crippen LogP contribution in [0.3, 0.4) is 0 Å². The minimum atomic E-state index is 0.180. The van der Waals surface area contributed by atoms with Gasteiger partial charge >= 0.3 is 0 Å². The lowest BCUT2D eigenvalue weighted by Crippen LogP contribution is -2.57. The van der Waals surface area contributed by atoms with Crippen molar-refractivity contribution in [3.8, 4) is 0 Å². The van der Waals surface area contributed by atoms with Crippen LogP contribution in [0.5, 0.6) is 0 Å². The fraction of sp³-hybridized carbons (Fsp3) is 0.941. The summed E-state index contributed by atoms with van der Waals surface area (Å²) in [5, 5.41) is 3.32. The first-order chi connectivity index (χ1) is 10.7. The minimum absolute atomic E-state index is 0.180. The number of nitrogens with one attached hydrogen (secondary N) is 1.